The van der Waals surface area contributed by atoms with E-state index in [1.807, 2.05) is 13.0 Å². The van der Waals surface area contributed by atoms with Gasteiger partial charge in [0.2, 0.25) is 0 Å². The average molecular weight is 554 g/mol. The van der Waals surface area contributed by atoms with Gasteiger partial charge in [0.15, 0.2) is 11.5 Å². The molecule has 3 rings (SSSR count). The molecule has 0 N–H and O–H groups in total. The molecule has 1 heterocycles. The fraction of sp³-hybridized carbons (Fsp3) is 0.182. The number of thioether (sulfide) groups is 1. The van der Waals surface area contributed by atoms with E-state index in [9.17, 15) is 9.59 Å². The number of terminal acetylenes is 1. The summed E-state index contributed by atoms with van der Waals surface area (Å²) in [5.74, 6) is 3.19. The molecule has 1 aliphatic heterocycles. The second-order valence-corrected chi connectivity index (χ2v) is 8.74. The second-order valence-electron chi connectivity index (χ2n) is 6.15. The van der Waals surface area contributed by atoms with E-state index in [1.165, 1.54) is 4.90 Å². The van der Waals surface area contributed by atoms with Gasteiger partial charge in [0.05, 0.1) is 21.6 Å². The molecule has 2 aromatic rings. The molecule has 0 bridgehead atoms. The zero-order valence-corrected chi connectivity index (χ0v) is 19.7. The first kappa shape index (κ1) is 22.5. The summed E-state index contributed by atoms with van der Waals surface area (Å²) in [6.07, 6.45) is 6.96. The molecular formula is C22H17ClINO4S. The minimum absolute atomic E-state index is 0.124. The number of hydrogen-bond donors (Lipinski definition) is 0. The standard InChI is InChI=1S/C22H17ClINO4S/c1-3-9-29-20-17(24)10-15(11-18(20)28-4-2)12-19-21(26)25(22(27)30-19)13-14-5-7-16(23)8-6-14/h1,5-8,10-12H,4,9,13H2,2H3/b19-12-. The Morgan fingerprint density at radius 1 is 1.23 bits per heavy atom. The highest BCUT2D eigenvalue weighted by atomic mass is 127. The number of rotatable bonds is 7. The van der Waals surface area contributed by atoms with Crippen LogP contribution in [0, 0.1) is 15.9 Å². The molecule has 5 nitrogen and oxygen atoms in total. The molecule has 0 aromatic heterocycles. The van der Waals surface area contributed by atoms with Crippen molar-refractivity contribution in [3.63, 3.8) is 0 Å². The predicted octanol–water partition coefficient (Wildman–Crippen LogP) is 5.59. The van der Waals surface area contributed by atoms with Crippen LogP contribution in [0.5, 0.6) is 11.5 Å². The average Bonchev–Trinajstić information content (AvgIpc) is 2.96. The maximum absolute atomic E-state index is 12.8. The summed E-state index contributed by atoms with van der Waals surface area (Å²) in [4.78, 5) is 26.8. The number of carbonyl (C=O) groups is 2. The van der Waals surface area contributed by atoms with Crippen LogP contribution in [0.4, 0.5) is 4.79 Å². The van der Waals surface area contributed by atoms with Crippen LogP contribution < -0.4 is 9.47 Å². The van der Waals surface area contributed by atoms with Crippen LogP contribution in [0.3, 0.4) is 0 Å². The molecule has 154 valence electrons. The number of nitrogens with zero attached hydrogens (tertiary/aromatic N) is 1. The van der Waals surface area contributed by atoms with Crippen molar-refractivity contribution in [3.8, 4) is 23.8 Å². The molecule has 1 saturated heterocycles. The molecule has 0 aliphatic carbocycles. The predicted molar refractivity (Wildman–Crippen MR) is 128 cm³/mol. The highest BCUT2D eigenvalue weighted by Crippen LogP contribution is 2.37. The van der Waals surface area contributed by atoms with E-state index in [-0.39, 0.29) is 24.3 Å². The van der Waals surface area contributed by atoms with Gasteiger partial charge in [-0.2, -0.15) is 0 Å². The van der Waals surface area contributed by atoms with Crippen LogP contribution in [0.1, 0.15) is 18.1 Å². The molecule has 8 heteroatoms. The summed E-state index contributed by atoms with van der Waals surface area (Å²) < 4.78 is 12.1. The number of ether oxygens (including phenoxy) is 2. The third kappa shape index (κ3) is 5.31. The van der Waals surface area contributed by atoms with E-state index in [0.717, 1.165) is 26.5 Å². The van der Waals surface area contributed by atoms with Gasteiger partial charge in [0, 0.05) is 5.02 Å². The minimum Gasteiger partial charge on any atom is -0.490 e. The van der Waals surface area contributed by atoms with Gasteiger partial charge < -0.3 is 9.47 Å². The smallest absolute Gasteiger partial charge is 0.293 e. The first-order chi connectivity index (χ1) is 14.4. The molecule has 0 radical (unpaired) electrons. The lowest BCUT2D eigenvalue weighted by Gasteiger charge is -2.13. The van der Waals surface area contributed by atoms with E-state index in [1.54, 1.807) is 36.4 Å². The number of benzene rings is 2. The maximum atomic E-state index is 12.8. The summed E-state index contributed by atoms with van der Waals surface area (Å²) in [6.45, 7) is 2.63. The van der Waals surface area contributed by atoms with E-state index in [4.69, 9.17) is 27.5 Å². The van der Waals surface area contributed by atoms with Gasteiger partial charge in [-0.3, -0.25) is 14.5 Å². The topological polar surface area (TPSA) is 55.8 Å². The second kappa shape index (κ2) is 10.2. The van der Waals surface area contributed by atoms with Gasteiger partial charge in [0.25, 0.3) is 11.1 Å². The van der Waals surface area contributed by atoms with Crippen molar-refractivity contribution in [2.75, 3.05) is 13.2 Å². The van der Waals surface area contributed by atoms with Crippen molar-refractivity contribution >= 4 is 63.2 Å². The number of halogens is 2. The van der Waals surface area contributed by atoms with Crippen LogP contribution >= 0.6 is 46.0 Å². The van der Waals surface area contributed by atoms with Crippen LogP contribution in [0.25, 0.3) is 6.08 Å². The lowest BCUT2D eigenvalue weighted by atomic mass is 10.1. The molecular weight excluding hydrogens is 537 g/mol. The lowest BCUT2D eigenvalue weighted by Crippen LogP contribution is -2.27. The summed E-state index contributed by atoms with van der Waals surface area (Å²) >= 11 is 8.94. The fourth-order valence-electron chi connectivity index (χ4n) is 2.75. The first-order valence-corrected chi connectivity index (χ1v) is 11.2. The Bertz CT molecular complexity index is 1050. The fourth-order valence-corrected chi connectivity index (χ4v) is 4.49. The normalized spacial score (nSPS) is 14.9. The van der Waals surface area contributed by atoms with Crippen molar-refractivity contribution in [2.24, 2.45) is 0 Å². The molecule has 1 fully saturated rings. The Hall–Kier alpha value is -2.15. The van der Waals surface area contributed by atoms with Crippen LogP contribution in [-0.2, 0) is 11.3 Å². The molecule has 1 aliphatic rings. The van der Waals surface area contributed by atoms with Crippen molar-refractivity contribution in [1.29, 1.82) is 0 Å². The third-order valence-electron chi connectivity index (χ3n) is 4.06. The quantitative estimate of drug-likeness (QED) is 0.254. The monoisotopic (exact) mass is 553 g/mol. The van der Waals surface area contributed by atoms with Crippen LogP contribution in [0.15, 0.2) is 41.3 Å². The number of carbonyl (C=O) groups excluding carboxylic acids is 2. The highest BCUT2D eigenvalue weighted by molar-refractivity contribution is 14.1. The van der Waals surface area contributed by atoms with E-state index >= 15 is 0 Å². The first-order valence-electron chi connectivity index (χ1n) is 8.95. The minimum atomic E-state index is -0.333. The number of amides is 2. The number of imide groups is 1. The zero-order valence-electron chi connectivity index (χ0n) is 16.0. The molecule has 2 amide bonds. The summed E-state index contributed by atoms with van der Waals surface area (Å²) in [7, 11) is 0. The summed E-state index contributed by atoms with van der Waals surface area (Å²) in [5.41, 5.74) is 1.55. The van der Waals surface area contributed by atoms with Crippen LogP contribution in [0.2, 0.25) is 5.02 Å². The van der Waals surface area contributed by atoms with Gasteiger partial charge in [-0.05, 0) is 82.7 Å². The summed E-state index contributed by atoms with van der Waals surface area (Å²) in [5, 5.41) is 0.289. The van der Waals surface area contributed by atoms with E-state index < -0.39 is 0 Å². The van der Waals surface area contributed by atoms with E-state index in [0.29, 0.717) is 28.0 Å². The Morgan fingerprint density at radius 2 is 1.97 bits per heavy atom. The summed E-state index contributed by atoms with van der Waals surface area (Å²) in [6, 6.07) is 10.7. The molecule has 0 atom stereocenters. The molecule has 2 aromatic carbocycles. The third-order valence-corrected chi connectivity index (χ3v) is 6.02. The van der Waals surface area contributed by atoms with Gasteiger partial charge in [-0.1, -0.05) is 29.7 Å². The SMILES string of the molecule is C#CCOc1c(I)cc(/C=C2\SC(=O)N(Cc3ccc(Cl)cc3)C2=O)cc1OCC. The van der Waals surface area contributed by atoms with Gasteiger partial charge in [-0.15, -0.1) is 6.42 Å². The molecule has 0 unspecified atom stereocenters. The van der Waals surface area contributed by atoms with Crippen molar-refractivity contribution < 1.29 is 19.1 Å². The Balaban J connectivity index is 1.85. The van der Waals surface area contributed by atoms with Crippen molar-refractivity contribution in [3.05, 3.63) is 61.0 Å². The Labute approximate surface area is 197 Å². The highest BCUT2D eigenvalue weighted by Gasteiger charge is 2.35. The van der Waals surface area contributed by atoms with Crippen molar-refractivity contribution in [1.82, 2.24) is 4.90 Å². The Kier molecular flexibility index (Phi) is 7.69. The molecule has 0 spiro atoms. The molecule has 30 heavy (non-hydrogen) atoms. The van der Waals surface area contributed by atoms with Crippen LogP contribution in [-0.4, -0.2) is 29.3 Å². The molecule has 0 saturated carbocycles. The van der Waals surface area contributed by atoms with E-state index in [2.05, 4.69) is 28.5 Å². The largest absolute Gasteiger partial charge is 0.490 e. The maximum Gasteiger partial charge on any atom is 0.293 e. The van der Waals surface area contributed by atoms with Gasteiger partial charge in [0.1, 0.15) is 6.61 Å². The zero-order chi connectivity index (χ0) is 21.7. The lowest BCUT2D eigenvalue weighted by molar-refractivity contribution is -0.123. The van der Waals surface area contributed by atoms with Gasteiger partial charge in [-0.25, -0.2) is 0 Å². The van der Waals surface area contributed by atoms with Gasteiger partial charge >= 0.3 is 0 Å². The Morgan fingerprint density at radius 3 is 2.63 bits per heavy atom. The number of hydrogen-bond acceptors (Lipinski definition) is 5. The van der Waals surface area contributed by atoms with Crippen molar-refractivity contribution in [2.45, 2.75) is 13.5 Å².